The second-order valence-electron chi connectivity index (χ2n) is 5.64. The van der Waals surface area contributed by atoms with E-state index in [2.05, 4.69) is 23.3 Å². The second kappa shape index (κ2) is 6.97. The number of benzene rings is 2. The Labute approximate surface area is 146 Å². The fourth-order valence-electron chi connectivity index (χ4n) is 2.65. The van der Waals surface area contributed by atoms with Crippen molar-refractivity contribution < 1.29 is 9.09 Å². The highest BCUT2D eigenvalue weighted by atomic mass is 16.3. The average molecular weight is 325 g/mol. The van der Waals surface area contributed by atoms with Gasteiger partial charge in [0.05, 0.1) is 0 Å². The summed E-state index contributed by atoms with van der Waals surface area (Å²) in [6.07, 6.45) is 3.76. The van der Waals surface area contributed by atoms with Gasteiger partial charge >= 0.3 is 0 Å². The van der Waals surface area contributed by atoms with E-state index in [1.807, 2.05) is 85.2 Å². The first kappa shape index (κ1) is 15.1. The average Bonchev–Trinajstić information content (AvgIpc) is 2.70. The van der Waals surface area contributed by atoms with E-state index < -0.39 is 0 Å². The lowest BCUT2D eigenvalue weighted by molar-refractivity contribution is -0.684. The second-order valence-corrected chi connectivity index (χ2v) is 5.64. The molecule has 0 unspecified atom stereocenters. The zero-order chi connectivity index (χ0) is 16.9. The highest BCUT2D eigenvalue weighted by Gasteiger charge is 2.07. The van der Waals surface area contributed by atoms with E-state index in [-0.39, 0.29) is 0 Å². The van der Waals surface area contributed by atoms with Crippen molar-refractivity contribution in [3.8, 4) is 22.5 Å². The van der Waals surface area contributed by atoms with Gasteiger partial charge in [0.2, 0.25) is 12.4 Å². The van der Waals surface area contributed by atoms with E-state index in [4.69, 9.17) is 4.42 Å². The fourth-order valence-corrected chi connectivity index (χ4v) is 2.65. The quantitative estimate of drug-likeness (QED) is 0.517. The molecule has 0 N–H and O–H groups in total. The van der Waals surface area contributed by atoms with Gasteiger partial charge < -0.3 is 4.42 Å². The predicted molar refractivity (Wildman–Crippen MR) is 97.2 cm³/mol. The smallest absolute Gasteiger partial charge is 0.285 e. The summed E-state index contributed by atoms with van der Waals surface area (Å²) in [6, 6.07) is 30.2. The van der Waals surface area contributed by atoms with Crippen LogP contribution in [0.4, 0.5) is 0 Å². The molecule has 120 valence electrons. The van der Waals surface area contributed by atoms with Gasteiger partial charge in [-0.25, -0.2) is 0 Å². The Morgan fingerprint density at radius 1 is 0.600 bits per heavy atom. The number of hydrogen-bond acceptors (Lipinski definition) is 2. The summed E-state index contributed by atoms with van der Waals surface area (Å²) in [6.45, 7) is 0. The summed E-state index contributed by atoms with van der Waals surface area (Å²) in [5.41, 5.74) is 3.78. The summed E-state index contributed by atoms with van der Waals surface area (Å²) >= 11 is 0. The minimum Gasteiger partial charge on any atom is -0.434 e. The van der Waals surface area contributed by atoms with Crippen LogP contribution in [-0.2, 0) is 0 Å². The third-order valence-corrected chi connectivity index (χ3v) is 3.86. The molecule has 0 spiro atoms. The molecule has 0 aliphatic heterocycles. The summed E-state index contributed by atoms with van der Waals surface area (Å²) in [7, 11) is 0. The molecule has 4 aromatic rings. The van der Waals surface area contributed by atoms with Crippen LogP contribution >= 0.6 is 0 Å². The Morgan fingerprint density at radius 3 is 1.88 bits per heavy atom. The first-order valence-electron chi connectivity index (χ1n) is 8.16. The van der Waals surface area contributed by atoms with Crippen LogP contribution in [0.5, 0.6) is 0 Å². The maximum absolute atomic E-state index is 6.04. The van der Waals surface area contributed by atoms with E-state index in [9.17, 15) is 0 Å². The van der Waals surface area contributed by atoms with Crippen molar-refractivity contribution in [1.29, 1.82) is 0 Å². The lowest BCUT2D eigenvalue weighted by Gasteiger charge is -2.05. The van der Waals surface area contributed by atoms with Gasteiger partial charge in [-0.1, -0.05) is 71.4 Å². The van der Waals surface area contributed by atoms with Crippen LogP contribution in [0.2, 0.25) is 0 Å². The maximum Gasteiger partial charge on any atom is 0.285 e. The van der Waals surface area contributed by atoms with E-state index in [0.29, 0.717) is 5.55 Å². The molecule has 2 aromatic carbocycles. The number of aromatic nitrogens is 1. The van der Waals surface area contributed by atoms with Crippen LogP contribution in [0.25, 0.3) is 22.5 Å². The van der Waals surface area contributed by atoms with Crippen LogP contribution in [0.3, 0.4) is 0 Å². The maximum atomic E-state index is 6.04. The number of rotatable bonds is 3. The number of pyridine rings is 1. The van der Waals surface area contributed by atoms with Crippen molar-refractivity contribution in [3.63, 3.8) is 0 Å². The van der Waals surface area contributed by atoms with Gasteiger partial charge in [-0.2, -0.15) is 0 Å². The van der Waals surface area contributed by atoms with Crippen LogP contribution < -0.4 is 10.2 Å². The van der Waals surface area contributed by atoms with Gasteiger partial charge in [0, 0.05) is 28.9 Å². The fraction of sp³-hybridized carbons (Fsp3) is 0. The first-order chi connectivity index (χ1) is 12.4. The highest BCUT2D eigenvalue weighted by Crippen LogP contribution is 2.24. The molecule has 2 heterocycles. The molecule has 0 saturated heterocycles. The lowest BCUT2D eigenvalue weighted by Crippen LogP contribution is -2.29. The molecule has 0 atom stereocenters. The Balaban J connectivity index is 1.91. The van der Waals surface area contributed by atoms with E-state index in [1.54, 1.807) is 4.68 Å². The van der Waals surface area contributed by atoms with Crippen LogP contribution in [0.1, 0.15) is 0 Å². The van der Waals surface area contributed by atoms with Crippen LogP contribution in [-0.4, -0.2) is 0 Å². The van der Waals surface area contributed by atoms with Crippen LogP contribution in [0, 0.1) is 0 Å². The Kier molecular flexibility index (Phi) is 4.21. The zero-order valence-corrected chi connectivity index (χ0v) is 13.6. The summed E-state index contributed by atoms with van der Waals surface area (Å²) in [5.74, 6) is 0.789. The normalized spacial score (nSPS) is 11.4. The summed E-state index contributed by atoms with van der Waals surface area (Å²) in [4.78, 5) is 0. The lowest BCUT2D eigenvalue weighted by atomic mass is 10.0. The molecule has 0 aliphatic carbocycles. The number of nitrogens with zero attached hydrogens (tertiary/aromatic N) is 2. The van der Waals surface area contributed by atoms with Gasteiger partial charge in [-0.3, -0.25) is 0 Å². The monoisotopic (exact) mass is 325 g/mol. The third kappa shape index (κ3) is 3.56. The third-order valence-electron chi connectivity index (χ3n) is 3.86. The molecule has 0 bridgehead atoms. The standard InChI is InChI=1S/C22H17N2O/c1-4-10-18(11-5-1)20-16-21(19-12-6-2-7-13-19)25-22(17-20)23-24-14-8-3-9-15-24/h1-17H/q+1. The van der Waals surface area contributed by atoms with Crippen LogP contribution in [0.15, 0.2) is 113 Å². The first-order valence-corrected chi connectivity index (χ1v) is 8.16. The summed E-state index contributed by atoms with van der Waals surface area (Å²) < 4.78 is 7.78. The minimum atomic E-state index is 0.552. The SMILES string of the molecule is c1ccc(-c2cc(-c3ccccc3)oc(=N[n+]3ccccc3)c2)cc1. The van der Waals surface area contributed by atoms with Crippen molar-refractivity contribution in [1.82, 2.24) is 0 Å². The molecule has 0 radical (unpaired) electrons. The molecule has 0 saturated carbocycles. The van der Waals surface area contributed by atoms with E-state index in [0.717, 1.165) is 22.5 Å². The highest BCUT2D eigenvalue weighted by molar-refractivity contribution is 5.68. The molecule has 25 heavy (non-hydrogen) atoms. The van der Waals surface area contributed by atoms with Gasteiger partial charge in [-0.05, 0) is 17.2 Å². The van der Waals surface area contributed by atoms with Crippen molar-refractivity contribution in [2.75, 3.05) is 0 Å². The Bertz CT molecular complexity index is 963. The van der Waals surface area contributed by atoms with Crippen molar-refractivity contribution >= 4 is 0 Å². The minimum absolute atomic E-state index is 0.552. The van der Waals surface area contributed by atoms with Gasteiger partial charge in [0.15, 0.2) is 0 Å². The van der Waals surface area contributed by atoms with Crippen molar-refractivity contribution in [3.05, 3.63) is 109 Å². The molecule has 0 amide bonds. The van der Waals surface area contributed by atoms with Gasteiger partial charge in [-0.15, -0.1) is 0 Å². The van der Waals surface area contributed by atoms with Crippen molar-refractivity contribution in [2.24, 2.45) is 5.10 Å². The molecule has 4 rings (SSSR count). The number of hydrogen-bond donors (Lipinski definition) is 0. The van der Waals surface area contributed by atoms with Gasteiger partial charge in [0.1, 0.15) is 5.76 Å². The van der Waals surface area contributed by atoms with E-state index in [1.165, 1.54) is 0 Å². The molecular formula is C22H17N2O+. The largest absolute Gasteiger partial charge is 0.434 e. The molecule has 3 nitrogen and oxygen atoms in total. The topological polar surface area (TPSA) is 29.4 Å². The molecule has 0 aliphatic rings. The molecule has 0 fully saturated rings. The molecule has 3 heteroatoms. The molecule has 2 aromatic heterocycles. The molecular weight excluding hydrogens is 308 g/mol. The Morgan fingerprint density at radius 2 is 1.20 bits per heavy atom. The van der Waals surface area contributed by atoms with E-state index >= 15 is 0 Å². The predicted octanol–water partition coefficient (Wildman–Crippen LogP) is 4.27. The Hall–Kier alpha value is -3.46. The van der Waals surface area contributed by atoms with Crippen molar-refractivity contribution in [2.45, 2.75) is 0 Å². The summed E-state index contributed by atoms with van der Waals surface area (Å²) in [5, 5.41) is 4.56. The zero-order valence-electron chi connectivity index (χ0n) is 13.6. The van der Waals surface area contributed by atoms with Gasteiger partial charge in [0.25, 0.3) is 5.55 Å².